The quantitative estimate of drug-likeness (QED) is 0.182. The fourth-order valence-corrected chi connectivity index (χ4v) is 9.85. The van der Waals surface area contributed by atoms with Gasteiger partial charge in [0.25, 0.3) is 0 Å². The molecule has 2 aromatic heterocycles. The molecule has 10 aromatic rings. The third kappa shape index (κ3) is 4.79. The summed E-state index contributed by atoms with van der Waals surface area (Å²) in [7, 11) is 0. The Bertz CT molecular complexity index is 3130. The minimum absolute atomic E-state index is 0.0700. The molecule has 3 heteroatoms. The van der Waals surface area contributed by atoms with Crippen LogP contribution in [0.4, 0.5) is 0 Å². The first-order valence-corrected chi connectivity index (χ1v) is 19.4. The van der Waals surface area contributed by atoms with Crippen LogP contribution in [0.3, 0.4) is 0 Å². The summed E-state index contributed by atoms with van der Waals surface area (Å²) in [5.74, 6) is 0.724. The van der Waals surface area contributed by atoms with Crippen LogP contribution in [0.15, 0.2) is 170 Å². The summed E-state index contributed by atoms with van der Waals surface area (Å²) in [4.78, 5) is 10.6. The molecule has 0 N–H and O–H groups in total. The summed E-state index contributed by atoms with van der Waals surface area (Å²) in [6, 6.07) is 61.7. The third-order valence-corrected chi connectivity index (χ3v) is 12.6. The molecular weight excluding hydrogens is 673 g/mol. The molecular formula is C51H34N2S. The van der Waals surface area contributed by atoms with Gasteiger partial charge in [-0.15, -0.1) is 11.3 Å². The van der Waals surface area contributed by atoms with Crippen molar-refractivity contribution >= 4 is 53.1 Å². The van der Waals surface area contributed by atoms with E-state index in [4.69, 9.17) is 9.97 Å². The Morgan fingerprint density at radius 2 is 1.00 bits per heavy atom. The zero-order valence-corrected chi connectivity index (χ0v) is 30.8. The summed E-state index contributed by atoms with van der Waals surface area (Å²) in [5.41, 5.74) is 12.8. The van der Waals surface area contributed by atoms with Crippen LogP contribution in [0.5, 0.6) is 0 Å². The number of thiophene rings is 1. The molecule has 0 saturated carbocycles. The van der Waals surface area contributed by atoms with Crippen molar-refractivity contribution in [1.29, 1.82) is 0 Å². The van der Waals surface area contributed by atoms with E-state index < -0.39 is 0 Å². The van der Waals surface area contributed by atoms with Gasteiger partial charge in [-0.1, -0.05) is 141 Å². The second-order valence-corrected chi connectivity index (χ2v) is 16.1. The van der Waals surface area contributed by atoms with E-state index in [1.807, 2.05) is 11.3 Å². The first-order chi connectivity index (χ1) is 26.5. The molecule has 0 fully saturated rings. The summed E-state index contributed by atoms with van der Waals surface area (Å²) < 4.78 is 2.56. The molecule has 0 radical (unpaired) electrons. The van der Waals surface area contributed by atoms with Crippen molar-refractivity contribution in [3.63, 3.8) is 0 Å². The van der Waals surface area contributed by atoms with Crippen LogP contribution < -0.4 is 0 Å². The lowest BCUT2D eigenvalue weighted by Crippen LogP contribution is -2.14. The van der Waals surface area contributed by atoms with Gasteiger partial charge in [0.05, 0.1) is 11.4 Å². The highest BCUT2D eigenvalue weighted by Crippen LogP contribution is 2.51. The van der Waals surface area contributed by atoms with Crippen LogP contribution in [0.25, 0.3) is 97.9 Å². The predicted octanol–water partition coefficient (Wildman–Crippen LogP) is 14.1. The largest absolute Gasteiger partial charge is 0.228 e. The van der Waals surface area contributed by atoms with Crippen molar-refractivity contribution in [2.24, 2.45) is 0 Å². The molecule has 54 heavy (non-hydrogen) atoms. The zero-order chi connectivity index (χ0) is 36.0. The van der Waals surface area contributed by atoms with E-state index in [2.05, 4.69) is 184 Å². The third-order valence-electron chi connectivity index (χ3n) is 11.5. The zero-order valence-electron chi connectivity index (χ0n) is 30.0. The Morgan fingerprint density at radius 3 is 1.81 bits per heavy atom. The van der Waals surface area contributed by atoms with E-state index in [0.717, 1.165) is 39.3 Å². The van der Waals surface area contributed by atoms with Gasteiger partial charge in [-0.05, 0) is 97.4 Å². The second kappa shape index (κ2) is 11.8. The first-order valence-electron chi connectivity index (χ1n) is 18.6. The number of hydrogen-bond acceptors (Lipinski definition) is 3. The molecule has 254 valence electrons. The Balaban J connectivity index is 1.07. The van der Waals surface area contributed by atoms with Crippen molar-refractivity contribution in [3.8, 4) is 56.2 Å². The van der Waals surface area contributed by atoms with Crippen LogP contribution in [-0.2, 0) is 5.41 Å². The van der Waals surface area contributed by atoms with Crippen LogP contribution in [-0.4, -0.2) is 9.97 Å². The van der Waals surface area contributed by atoms with Crippen LogP contribution >= 0.6 is 11.3 Å². The normalized spacial score (nSPS) is 13.1. The highest BCUT2D eigenvalue weighted by Gasteiger charge is 2.36. The van der Waals surface area contributed by atoms with E-state index in [0.29, 0.717) is 0 Å². The van der Waals surface area contributed by atoms with Gasteiger partial charge in [0, 0.05) is 42.3 Å². The second-order valence-electron chi connectivity index (χ2n) is 15.0. The number of fused-ring (bicyclic) bond motifs is 8. The molecule has 2 heterocycles. The Kier molecular flexibility index (Phi) is 6.80. The van der Waals surface area contributed by atoms with Crippen molar-refractivity contribution in [1.82, 2.24) is 9.97 Å². The molecule has 1 aliphatic rings. The topological polar surface area (TPSA) is 25.8 Å². The van der Waals surface area contributed by atoms with Crippen LogP contribution in [0.1, 0.15) is 25.0 Å². The van der Waals surface area contributed by atoms with Crippen LogP contribution in [0, 0.1) is 0 Å². The Morgan fingerprint density at radius 1 is 0.389 bits per heavy atom. The SMILES string of the molecule is CC1(C)c2ccc(-c3ccc(-c4nc(-c5ccccc5)cc(-c5ccc6c(c5)sc5ccccc56)n4)c4ccccc34)cc2-c2cc3ccccc3cc21. The number of hydrogen-bond donors (Lipinski definition) is 0. The molecule has 2 nitrogen and oxygen atoms in total. The number of rotatable bonds is 4. The molecule has 0 amide bonds. The molecule has 0 bridgehead atoms. The van der Waals surface area contributed by atoms with Crippen LogP contribution in [0.2, 0.25) is 0 Å². The molecule has 1 aliphatic carbocycles. The molecule has 8 aromatic carbocycles. The minimum atomic E-state index is -0.0700. The van der Waals surface area contributed by atoms with Gasteiger partial charge in [-0.2, -0.15) is 0 Å². The Labute approximate surface area is 318 Å². The maximum atomic E-state index is 5.32. The fraction of sp³-hybridized carbons (Fsp3) is 0.0588. The lowest BCUT2D eigenvalue weighted by atomic mass is 9.81. The van der Waals surface area contributed by atoms with E-state index >= 15 is 0 Å². The highest BCUT2D eigenvalue weighted by molar-refractivity contribution is 7.25. The van der Waals surface area contributed by atoms with Crippen molar-refractivity contribution in [3.05, 3.63) is 181 Å². The average Bonchev–Trinajstić information content (AvgIpc) is 3.70. The van der Waals surface area contributed by atoms with Crippen molar-refractivity contribution in [2.75, 3.05) is 0 Å². The lowest BCUT2D eigenvalue weighted by Gasteiger charge is -2.22. The monoisotopic (exact) mass is 706 g/mol. The van der Waals surface area contributed by atoms with E-state index in [1.54, 1.807) is 0 Å². The van der Waals surface area contributed by atoms with E-state index in [-0.39, 0.29) is 5.41 Å². The maximum Gasteiger partial charge on any atom is 0.161 e. The standard InChI is InChI=1S/C51H34N2S/c1-51(2)44-25-21-34(27-42(44)43-26-32-14-6-7-15-33(32)28-45(43)51)36-23-24-41(38-17-9-8-16-37(36)38)50-52-46(31-12-4-3-5-13-31)30-47(53-50)35-20-22-40-39-18-10-11-19-48(39)54-49(40)29-35/h3-30H,1-2H3. The molecule has 0 spiro atoms. The summed E-state index contributed by atoms with van der Waals surface area (Å²) >= 11 is 1.83. The molecule has 0 saturated heterocycles. The number of nitrogens with zero attached hydrogens (tertiary/aromatic N) is 2. The first kappa shape index (κ1) is 31.1. The van der Waals surface area contributed by atoms with Gasteiger partial charge >= 0.3 is 0 Å². The van der Waals surface area contributed by atoms with E-state index in [9.17, 15) is 0 Å². The minimum Gasteiger partial charge on any atom is -0.228 e. The number of benzene rings is 8. The summed E-state index contributed by atoms with van der Waals surface area (Å²) in [6.07, 6.45) is 0. The van der Waals surface area contributed by atoms with Gasteiger partial charge in [0.15, 0.2) is 5.82 Å². The van der Waals surface area contributed by atoms with E-state index in [1.165, 1.54) is 69.7 Å². The van der Waals surface area contributed by atoms with Crippen molar-refractivity contribution in [2.45, 2.75) is 19.3 Å². The smallest absolute Gasteiger partial charge is 0.161 e. The molecule has 0 aliphatic heterocycles. The van der Waals surface area contributed by atoms with Gasteiger partial charge in [-0.25, -0.2) is 9.97 Å². The summed E-state index contributed by atoms with van der Waals surface area (Å²) in [5, 5.41) is 7.48. The number of aromatic nitrogens is 2. The van der Waals surface area contributed by atoms with Gasteiger partial charge in [0.2, 0.25) is 0 Å². The average molecular weight is 707 g/mol. The van der Waals surface area contributed by atoms with Gasteiger partial charge in [0.1, 0.15) is 0 Å². The van der Waals surface area contributed by atoms with Gasteiger partial charge < -0.3 is 0 Å². The Hall–Kier alpha value is -6.42. The van der Waals surface area contributed by atoms with Gasteiger partial charge in [-0.3, -0.25) is 0 Å². The molecule has 0 unspecified atom stereocenters. The summed E-state index contributed by atoms with van der Waals surface area (Å²) in [6.45, 7) is 4.71. The van der Waals surface area contributed by atoms with Crippen molar-refractivity contribution < 1.29 is 0 Å². The highest BCUT2D eigenvalue weighted by atomic mass is 32.1. The maximum absolute atomic E-state index is 5.32. The molecule has 11 rings (SSSR count). The predicted molar refractivity (Wildman–Crippen MR) is 229 cm³/mol. The molecule has 0 atom stereocenters. The lowest BCUT2D eigenvalue weighted by molar-refractivity contribution is 0.661. The fourth-order valence-electron chi connectivity index (χ4n) is 8.71.